The Labute approximate surface area is 155 Å². The average molecular weight is 372 g/mol. The Hall–Kier alpha value is -1.57. The van der Waals surface area contributed by atoms with Crippen molar-refractivity contribution in [1.82, 2.24) is 19.9 Å². The number of thiophene rings is 1. The fourth-order valence-electron chi connectivity index (χ4n) is 4.07. The number of piperazine rings is 1. The van der Waals surface area contributed by atoms with E-state index in [-0.39, 0.29) is 0 Å². The second-order valence-electron chi connectivity index (χ2n) is 6.80. The van der Waals surface area contributed by atoms with Gasteiger partial charge in [-0.15, -0.1) is 22.7 Å². The van der Waals surface area contributed by atoms with E-state index in [4.69, 9.17) is 4.98 Å². The lowest BCUT2D eigenvalue weighted by Crippen LogP contribution is -2.47. The van der Waals surface area contributed by atoms with Gasteiger partial charge in [0.25, 0.3) is 0 Å². The van der Waals surface area contributed by atoms with Crippen molar-refractivity contribution < 1.29 is 0 Å². The molecular formula is C18H21N5S2. The van der Waals surface area contributed by atoms with Crippen LogP contribution in [0.3, 0.4) is 0 Å². The zero-order valence-corrected chi connectivity index (χ0v) is 15.9. The van der Waals surface area contributed by atoms with E-state index in [1.54, 1.807) is 17.7 Å². The maximum atomic E-state index is 4.69. The van der Waals surface area contributed by atoms with Crippen LogP contribution in [0.2, 0.25) is 0 Å². The van der Waals surface area contributed by atoms with E-state index in [1.807, 2.05) is 17.5 Å². The summed E-state index contributed by atoms with van der Waals surface area (Å²) in [4.78, 5) is 21.4. The summed E-state index contributed by atoms with van der Waals surface area (Å²) >= 11 is 3.63. The van der Waals surface area contributed by atoms with Crippen molar-refractivity contribution in [3.05, 3.63) is 33.4 Å². The highest BCUT2D eigenvalue weighted by Gasteiger charge is 2.27. The van der Waals surface area contributed by atoms with Crippen LogP contribution >= 0.6 is 22.7 Å². The molecule has 5 nitrogen and oxygen atoms in total. The van der Waals surface area contributed by atoms with Crippen LogP contribution in [0.1, 0.15) is 34.8 Å². The van der Waals surface area contributed by atoms with Gasteiger partial charge < -0.3 is 4.90 Å². The van der Waals surface area contributed by atoms with Crippen molar-refractivity contribution in [2.45, 2.75) is 32.2 Å². The zero-order chi connectivity index (χ0) is 16.8. The summed E-state index contributed by atoms with van der Waals surface area (Å²) in [6, 6.07) is 0.401. The first-order valence-corrected chi connectivity index (χ1v) is 10.6. The largest absolute Gasteiger partial charge is 0.353 e. The molecule has 0 aromatic carbocycles. The standard InChI is InChI=1S/C18H21N5S2/c1-12(17-19-5-10-24-17)22-6-8-23(9-7-22)16-15-13-3-2-4-14(13)25-18(15)21-11-20-16/h5,10-12H,2-4,6-9H2,1H3. The third-order valence-electron chi connectivity index (χ3n) is 5.45. The van der Waals surface area contributed by atoms with Gasteiger partial charge in [0.1, 0.15) is 22.0 Å². The van der Waals surface area contributed by atoms with Gasteiger partial charge in [-0.3, -0.25) is 4.90 Å². The molecule has 0 N–H and O–H groups in total. The molecule has 1 atom stereocenters. The monoisotopic (exact) mass is 371 g/mol. The molecule has 25 heavy (non-hydrogen) atoms. The fraction of sp³-hybridized carbons (Fsp3) is 0.500. The molecule has 0 bridgehead atoms. The SMILES string of the molecule is CC(c1nccs1)N1CCN(c2ncnc3sc4c(c23)CCC4)CC1. The minimum atomic E-state index is 0.401. The predicted octanol–water partition coefficient (Wildman–Crippen LogP) is 3.52. The lowest BCUT2D eigenvalue weighted by atomic mass is 10.1. The van der Waals surface area contributed by atoms with Crippen molar-refractivity contribution in [2.75, 3.05) is 31.1 Å². The number of rotatable bonds is 3. The molecule has 1 aliphatic heterocycles. The van der Waals surface area contributed by atoms with Gasteiger partial charge >= 0.3 is 0 Å². The van der Waals surface area contributed by atoms with Gasteiger partial charge in [-0.1, -0.05) is 0 Å². The number of thiazole rings is 1. The summed E-state index contributed by atoms with van der Waals surface area (Å²) in [5.41, 5.74) is 1.52. The van der Waals surface area contributed by atoms with Crippen LogP contribution in [0, 0.1) is 0 Å². The smallest absolute Gasteiger partial charge is 0.141 e. The number of hydrogen-bond donors (Lipinski definition) is 0. The number of fused-ring (bicyclic) bond motifs is 3. The Morgan fingerprint density at radius 2 is 1.96 bits per heavy atom. The summed E-state index contributed by atoms with van der Waals surface area (Å²) in [5.74, 6) is 1.16. The molecule has 1 saturated heterocycles. The maximum Gasteiger partial charge on any atom is 0.141 e. The highest BCUT2D eigenvalue weighted by atomic mass is 32.1. The Balaban J connectivity index is 1.38. The summed E-state index contributed by atoms with van der Waals surface area (Å²) in [6.45, 7) is 6.42. The van der Waals surface area contributed by atoms with E-state index in [1.165, 1.54) is 44.9 Å². The van der Waals surface area contributed by atoms with Gasteiger partial charge in [0, 0.05) is 42.6 Å². The van der Waals surface area contributed by atoms with Crippen LogP contribution in [0.5, 0.6) is 0 Å². The Kier molecular flexibility index (Phi) is 3.95. The van der Waals surface area contributed by atoms with E-state index in [0.717, 1.165) is 32.0 Å². The molecule has 0 spiro atoms. The van der Waals surface area contributed by atoms with Crippen LogP contribution < -0.4 is 4.90 Å². The number of hydrogen-bond acceptors (Lipinski definition) is 7. The van der Waals surface area contributed by atoms with Crippen LogP contribution in [0.15, 0.2) is 17.9 Å². The lowest BCUT2D eigenvalue weighted by molar-refractivity contribution is 0.198. The maximum absolute atomic E-state index is 4.69. The molecule has 1 unspecified atom stereocenters. The van der Waals surface area contributed by atoms with E-state index < -0.39 is 0 Å². The number of anilines is 1. The van der Waals surface area contributed by atoms with Gasteiger partial charge in [-0.25, -0.2) is 15.0 Å². The molecule has 5 rings (SSSR count). The molecule has 7 heteroatoms. The van der Waals surface area contributed by atoms with Crippen LogP contribution in [0.25, 0.3) is 10.2 Å². The van der Waals surface area contributed by atoms with Crippen molar-refractivity contribution >= 4 is 38.7 Å². The number of aromatic nitrogens is 3. The molecule has 130 valence electrons. The first-order chi connectivity index (χ1) is 12.3. The molecule has 3 aromatic rings. The molecule has 0 saturated carbocycles. The van der Waals surface area contributed by atoms with Crippen molar-refractivity contribution in [3.63, 3.8) is 0 Å². The predicted molar refractivity (Wildman–Crippen MR) is 104 cm³/mol. The molecule has 1 aliphatic carbocycles. The minimum Gasteiger partial charge on any atom is -0.353 e. The summed E-state index contributed by atoms with van der Waals surface area (Å²) in [5, 5.41) is 4.62. The second kappa shape index (κ2) is 6.30. The molecule has 0 radical (unpaired) electrons. The van der Waals surface area contributed by atoms with Gasteiger partial charge in [-0.2, -0.15) is 0 Å². The summed E-state index contributed by atoms with van der Waals surface area (Å²) in [6.07, 6.45) is 7.34. The topological polar surface area (TPSA) is 45.2 Å². The second-order valence-corrected chi connectivity index (χ2v) is 8.81. The van der Waals surface area contributed by atoms with Gasteiger partial charge in [0.15, 0.2) is 0 Å². The Bertz CT molecular complexity index is 880. The van der Waals surface area contributed by atoms with E-state index in [2.05, 4.69) is 32.1 Å². The normalized spacial score (nSPS) is 19.5. The molecule has 2 aliphatic rings. The van der Waals surface area contributed by atoms with Crippen LogP contribution in [0.4, 0.5) is 5.82 Å². The quantitative estimate of drug-likeness (QED) is 0.705. The van der Waals surface area contributed by atoms with E-state index >= 15 is 0 Å². The van der Waals surface area contributed by atoms with Gasteiger partial charge in [-0.05, 0) is 31.7 Å². The number of aryl methyl sites for hydroxylation is 2. The number of nitrogens with zero attached hydrogens (tertiary/aromatic N) is 5. The van der Waals surface area contributed by atoms with Crippen molar-refractivity contribution in [2.24, 2.45) is 0 Å². The third-order valence-corrected chi connectivity index (χ3v) is 7.60. The fourth-order valence-corrected chi connectivity index (χ4v) is 6.02. The molecule has 3 aromatic heterocycles. The van der Waals surface area contributed by atoms with Gasteiger partial charge in [0.2, 0.25) is 0 Å². The van der Waals surface area contributed by atoms with Crippen molar-refractivity contribution in [3.8, 4) is 0 Å². The molecular weight excluding hydrogens is 350 g/mol. The molecule has 1 fully saturated rings. The van der Waals surface area contributed by atoms with E-state index in [9.17, 15) is 0 Å². The lowest BCUT2D eigenvalue weighted by Gasteiger charge is -2.38. The Morgan fingerprint density at radius 3 is 2.76 bits per heavy atom. The van der Waals surface area contributed by atoms with Crippen LogP contribution in [-0.2, 0) is 12.8 Å². The first kappa shape index (κ1) is 15.7. The molecule has 4 heterocycles. The summed E-state index contributed by atoms with van der Waals surface area (Å²) < 4.78 is 0. The van der Waals surface area contributed by atoms with Crippen LogP contribution in [-0.4, -0.2) is 46.0 Å². The van der Waals surface area contributed by atoms with E-state index in [0.29, 0.717) is 6.04 Å². The average Bonchev–Trinajstić information content (AvgIpc) is 3.37. The van der Waals surface area contributed by atoms with Gasteiger partial charge in [0.05, 0.1) is 11.4 Å². The summed E-state index contributed by atoms with van der Waals surface area (Å²) in [7, 11) is 0. The zero-order valence-electron chi connectivity index (χ0n) is 14.3. The highest BCUT2D eigenvalue weighted by molar-refractivity contribution is 7.19. The first-order valence-electron chi connectivity index (χ1n) is 8.95. The molecule has 0 amide bonds. The van der Waals surface area contributed by atoms with Crippen molar-refractivity contribution in [1.29, 1.82) is 0 Å². The third kappa shape index (κ3) is 2.65. The highest BCUT2D eigenvalue weighted by Crippen LogP contribution is 2.40. The Morgan fingerprint density at radius 1 is 1.08 bits per heavy atom. The minimum absolute atomic E-state index is 0.401.